The summed E-state index contributed by atoms with van der Waals surface area (Å²) in [6.07, 6.45) is 0.458. The molecule has 0 radical (unpaired) electrons. The Morgan fingerprint density at radius 3 is 2.33 bits per heavy atom. The van der Waals surface area contributed by atoms with Crippen LogP contribution in [0.4, 0.5) is 0 Å². The number of benzene rings is 2. The number of aliphatic hydroxyl groups is 1. The number of nitrogens with one attached hydrogen (secondary N) is 3. The van der Waals surface area contributed by atoms with E-state index >= 15 is 0 Å². The van der Waals surface area contributed by atoms with Crippen LogP contribution in [0.15, 0.2) is 59.0 Å². The predicted molar refractivity (Wildman–Crippen MR) is 273 cm³/mol. The van der Waals surface area contributed by atoms with Crippen molar-refractivity contribution >= 4 is 63.5 Å². The number of hydrogen-bond donors (Lipinski definition) is 4. The Morgan fingerprint density at radius 1 is 0.914 bits per heavy atom. The van der Waals surface area contributed by atoms with Crippen LogP contribution in [-0.4, -0.2) is 123 Å². The van der Waals surface area contributed by atoms with Gasteiger partial charge in [0, 0.05) is 79.5 Å². The minimum atomic E-state index is -0.911. The lowest BCUT2D eigenvalue weighted by molar-refractivity contribution is -0.144. The van der Waals surface area contributed by atoms with Crippen LogP contribution in [-0.2, 0) is 35.2 Å². The van der Waals surface area contributed by atoms with Crippen molar-refractivity contribution in [2.24, 2.45) is 10.4 Å². The Balaban J connectivity index is 0.781. The maximum Gasteiger partial charge on any atom is 0.246 e. The zero-order chi connectivity index (χ0) is 50.1. The summed E-state index contributed by atoms with van der Waals surface area (Å²) >= 11 is 9.49. The van der Waals surface area contributed by atoms with Crippen LogP contribution in [0.25, 0.3) is 15.4 Å². The molecule has 4 N–H and O–H groups in total. The Hall–Kier alpha value is -5.21. The lowest BCUT2D eigenvalue weighted by atomic mass is 9.85. The van der Waals surface area contributed by atoms with Crippen molar-refractivity contribution in [1.29, 1.82) is 0 Å². The highest BCUT2D eigenvalue weighted by atomic mass is 35.5. The quantitative estimate of drug-likeness (QED) is 0.0532. The van der Waals surface area contributed by atoms with Crippen LogP contribution in [0.2, 0.25) is 5.02 Å². The van der Waals surface area contributed by atoms with Gasteiger partial charge in [0.05, 0.1) is 47.7 Å². The average Bonchev–Trinajstić information content (AvgIpc) is 4.09. The summed E-state index contributed by atoms with van der Waals surface area (Å²) in [5, 5.41) is 30.1. The molecule has 3 aromatic heterocycles. The molecule has 0 spiro atoms. The molecule has 16 nitrogen and oxygen atoms in total. The number of hydrogen-bond acceptors (Lipinski definition) is 14. The summed E-state index contributed by atoms with van der Waals surface area (Å²) < 4.78 is 13.5. The number of nitrogens with zero attached hydrogens (tertiary/aromatic N) is 6. The van der Waals surface area contributed by atoms with Crippen molar-refractivity contribution in [3.63, 3.8) is 0 Å². The van der Waals surface area contributed by atoms with E-state index in [2.05, 4.69) is 45.0 Å². The fraction of sp³-hybridized carbons (Fsp3) is 0.490. The molecule has 3 amide bonds. The molecule has 0 unspecified atom stereocenters. The second-order valence-corrected chi connectivity index (χ2v) is 21.4. The van der Waals surface area contributed by atoms with Gasteiger partial charge in [0.1, 0.15) is 34.7 Å². The number of thiazole rings is 1. The first-order valence-electron chi connectivity index (χ1n) is 23.8. The molecule has 374 valence electrons. The number of ether oxygens (including phenoxy) is 2. The fourth-order valence-electron chi connectivity index (χ4n) is 8.63. The number of rotatable bonds is 22. The minimum Gasteiger partial charge on any atom is -0.391 e. The van der Waals surface area contributed by atoms with Gasteiger partial charge < -0.3 is 35.4 Å². The monoisotopic (exact) mass is 1010 g/mol. The number of carbonyl (C=O) groups is 4. The SMILES string of the molecule is Cc1ncsc1-c1ccc(CNC(=O)[C@@H]2C[C@@H](O)CN2C(=O)[C@@H](NC(=O)CCNCCOCCOCCCC(=O)C[C@@H]2N=C(c3ccc(Cl)cc3)c3c(sc(C)c3C)-n3c(C)nnc32)C(C)(C)C)cc1. The number of β-amino-alcohol motifs (C(OH)–C–C–N with tert-alkyl or cyclic N) is 1. The molecular formula is C51H64ClN9O7S2. The molecule has 7 rings (SSSR count). The number of carbonyl (C=O) groups excluding carboxylic acids is 4. The van der Waals surface area contributed by atoms with Crippen molar-refractivity contribution in [1.82, 2.24) is 40.6 Å². The highest BCUT2D eigenvalue weighted by Gasteiger charge is 2.44. The lowest BCUT2D eigenvalue weighted by Crippen LogP contribution is -2.57. The van der Waals surface area contributed by atoms with Crippen LogP contribution in [0, 0.1) is 33.1 Å². The molecule has 70 heavy (non-hydrogen) atoms. The van der Waals surface area contributed by atoms with Crippen LogP contribution in [0.1, 0.15) is 103 Å². The maximum absolute atomic E-state index is 14.0. The number of fused-ring (bicyclic) bond motifs is 3. The van der Waals surface area contributed by atoms with Crippen molar-refractivity contribution in [3.05, 3.63) is 104 Å². The molecule has 5 aromatic rings. The third-order valence-electron chi connectivity index (χ3n) is 12.6. The van der Waals surface area contributed by atoms with Gasteiger partial charge in [-0.15, -0.1) is 32.9 Å². The van der Waals surface area contributed by atoms with Crippen molar-refractivity contribution < 1.29 is 33.8 Å². The van der Waals surface area contributed by atoms with Crippen molar-refractivity contribution in [2.45, 2.75) is 111 Å². The molecule has 2 aliphatic rings. The van der Waals surface area contributed by atoms with Crippen molar-refractivity contribution in [3.8, 4) is 15.4 Å². The van der Waals surface area contributed by atoms with E-state index in [0.29, 0.717) is 63.2 Å². The van der Waals surface area contributed by atoms with Gasteiger partial charge in [-0.1, -0.05) is 68.8 Å². The van der Waals surface area contributed by atoms with E-state index in [1.54, 1.807) is 22.7 Å². The Morgan fingerprint density at radius 2 is 1.63 bits per heavy atom. The van der Waals surface area contributed by atoms with Gasteiger partial charge in [-0.3, -0.25) is 28.7 Å². The Kier molecular flexibility index (Phi) is 17.9. The highest BCUT2D eigenvalue weighted by molar-refractivity contribution is 7.15. The largest absolute Gasteiger partial charge is 0.391 e. The number of amides is 3. The third-order valence-corrected chi connectivity index (χ3v) is 15.0. The van der Waals surface area contributed by atoms with Gasteiger partial charge >= 0.3 is 0 Å². The summed E-state index contributed by atoms with van der Waals surface area (Å²) in [7, 11) is 0. The van der Waals surface area contributed by atoms with Crippen LogP contribution in [0.5, 0.6) is 0 Å². The van der Waals surface area contributed by atoms with Gasteiger partial charge in [0.25, 0.3) is 0 Å². The summed E-state index contributed by atoms with van der Waals surface area (Å²) in [6.45, 7) is 16.4. The third kappa shape index (κ3) is 13.0. The van der Waals surface area contributed by atoms with Gasteiger partial charge in [-0.2, -0.15) is 0 Å². The Bertz CT molecular complexity index is 2660. The molecule has 1 fully saturated rings. The standard InChI is InChI=1S/C51H64ClN9O7S2/c1-30-32(3)70-50-43(30)44(35-14-16-37(52)17-15-35)56-40(47-59-58-33(4)61(47)50)25-38(62)9-8-21-67-23-24-68-22-20-53-19-18-42(64)57-46(51(5,6)7)49(66)60-28-39(63)26-41(60)48(65)54-27-34-10-12-36(13-11-34)45-31(2)55-29-69-45/h10-17,29,39-41,46,53,63H,8-9,18-28H2,1-7H3,(H,54,65)(H,57,64)/t39-,40+,41+,46-/m1/s1. The molecule has 19 heteroatoms. The van der Waals surface area contributed by atoms with E-state index in [9.17, 15) is 24.3 Å². The summed E-state index contributed by atoms with van der Waals surface area (Å²) in [5.74, 6) is 0.384. The van der Waals surface area contributed by atoms with Gasteiger partial charge in [0.15, 0.2) is 5.82 Å². The van der Waals surface area contributed by atoms with Gasteiger partial charge in [0.2, 0.25) is 17.7 Å². The number of thiophene rings is 1. The molecule has 0 aliphatic carbocycles. The van der Waals surface area contributed by atoms with E-state index in [1.807, 2.05) is 93.2 Å². The topological polar surface area (TPSA) is 202 Å². The smallest absolute Gasteiger partial charge is 0.246 e. The number of halogens is 1. The fourth-order valence-corrected chi connectivity index (χ4v) is 10.8. The normalized spacial score (nSPS) is 17.1. The van der Waals surface area contributed by atoms with E-state index in [4.69, 9.17) is 26.1 Å². The van der Waals surface area contributed by atoms with Crippen molar-refractivity contribution in [2.75, 3.05) is 46.1 Å². The van der Waals surface area contributed by atoms with E-state index in [1.165, 1.54) is 9.78 Å². The first-order valence-corrected chi connectivity index (χ1v) is 25.9. The molecule has 5 heterocycles. The highest BCUT2D eigenvalue weighted by Crippen LogP contribution is 2.40. The van der Waals surface area contributed by atoms with Gasteiger partial charge in [-0.05, 0) is 68.4 Å². The Labute approximate surface area is 422 Å². The van der Waals surface area contributed by atoms with Crippen LogP contribution >= 0.6 is 34.3 Å². The number of aryl methyl sites for hydroxylation is 3. The second-order valence-electron chi connectivity index (χ2n) is 18.9. The maximum atomic E-state index is 14.0. The number of aliphatic hydroxyl groups excluding tert-OH is 1. The zero-order valence-corrected chi connectivity index (χ0v) is 43.4. The molecule has 0 saturated carbocycles. The van der Waals surface area contributed by atoms with Crippen LogP contribution < -0.4 is 16.0 Å². The average molecular weight is 1010 g/mol. The van der Waals surface area contributed by atoms with Gasteiger partial charge in [-0.25, -0.2) is 4.98 Å². The second kappa shape index (κ2) is 23.8. The zero-order valence-electron chi connectivity index (χ0n) is 41.0. The van der Waals surface area contributed by atoms with Crippen LogP contribution in [0.3, 0.4) is 0 Å². The number of likely N-dealkylation sites (tertiary alicyclic amines) is 1. The number of Topliss-reactive ketones (excluding diaryl/α,β-unsaturated/α-hetero) is 1. The molecule has 2 aliphatic heterocycles. The molecule has 0 bridgehead atoms. The molecular weight excluding hydrogens is 950 g/mol. The summed E-state index contributed by atoms with van der Waals surface area (Å²) in [6, 6.07) is 13.2. The van der Waals surface area contributed by atoms with E-state index in [-0.39, 0.29) is 49.9 Å². The lowest BCUT2D eigenvalue weighted by Gasteiger charge is -2.35. The number of aromatic nitrogens is 4. The minimum absolute atomic E-state index is 0.00153. The molecule has 2 aromatic carbocycles. The molecule has 4 atom stereocenters. The molecule has 1 saturated heterocycles. The first-order chi connectivity index (χ1) is 33.5. The summed E-state index contributed by atoms with van der Waals surface area (Å²) in [5.41, 5.74) is 7.96. The number of aliphatic imine (C=N–C) groups is 1. The predicted octanol–water partition coefficient (Wildman–Crippen LogP) is 6.79. The van der Waals surface area contributed by atoms with E-state index in [0.717, 1.165) is 54.9 Å². The summed E-state index contributed by atoms with van der Waals surface area (Å²) in [4.78, 5) is 67.2. The first kappa shape index (κ1) is 52.6. The number of ketones is 1. The van der Waals surface area contributed by atoms with E-state index < -0.39 is 35.6 Å².